The van der Waals surface area contributed by atoms with Gasteiger partial charge in [-0.25, -0.2) is 0 Å². The smallest absolute Gasteiger partial charge is 0.134 e. The van der Waals surface area contributed by atoms with Gasteiger partial charge < -0.3 is 14.8 Å². The Morgan fingerprint density at radius 3 is 2.43 bits per heavy atom. The molecule has 0 spiro atoms. The van der Waals surface area contributed by atoms with Gasteiger partial charge in [0.05, 0.1) is 6.61 Å². The van der Waals surface area contributed by atoms with Crippen molar-refractivity contribution in [3.05, 3.63) is 28.2 Å². The fourth-order valence-corrected chi connectivity index (χ4v) is 2.49. The highest BCUT2D eigenvalue weighted by Crippen LogP contribution is 2.30. The number of halogens is 1. The Kier molecular flexibility index (Phi) is 8.30. The third kappa shape index (κ3) is 6.81. The van der Waals surface area contributed by atoms with Gasteiger partial charge in [0.2, 0.25) is 0 Å². The molecule has 0 aromatic heterocycles. The quantitative estimate of drug-likeness (QED) is 0.717. The van der Waals surface area contributed by atoms with Crippen LogP contribution in [-0.2, 0) is 4.74 Å². The summed E-state index contributed by atoms with van der Waals surface area (Å²) in [5.41, 5.74) is 1.22. The summed E-state index contributed by atoms with van der Waals surface area (Å²) in [5.74, 6) is 2.00. The Bertz CT molecular complexity index is 421. The van der Waals surface area contributed by atoms with Crippen LogP contribution in [0.1, 0.15) is 39.2 Å². The van der Waals surface area contributed by atoms with E-state index in [1.807, 2.05) is 12.1 Å². The van der Waals surface area contributed by atoms with Crippen LogP contribution in [0.25, 0.3) is 0 Å². The third-order valence-electron chi connectivity index (χ3n) is 3.16. The van der Waals surface area contributed by atoms with Gasteiger partial charge in [-0.05, 0) is 42.1 Å². The zero-order chi connectivity index (χ0) is 15.8. The number of nitrogens with one attached hydrogen (secondary N) is 1. The van der Waals surface area contributed by atoms with Crippen molar-refractivity contribution < 1.29 is 9.47 Å². The first kappa shape index (κ1) is 18.5. The maximum atomic E-state index is 6.18. The van der Waals surface area contributed by atoms with E-state index in [0.717, 1.165) is 23.3 Å². The lowest BCUT2D eigenvalue weighted by Gasteiger charge is -2.22. The van der Waals surface area contributed by atoms with Gasteiger partial charge in [0.1, 0.15) is 11.9 Å². The van der Waals surface area contributed by atoms with Crippen molar-refractivity contribution >= 4 is 15.9 Å². The van der Waals surface area contributed by atoms with E-state index in [2.05, 4.69) is 55.0 Å². The average Bonchev–Trinajstić information content (AvgIpc) is 2.40. The summed E-state index contributed by atoms with van der Waals surface area (Å²) < 4.78 is 12.5. The molecule has 4 heteroatoms. The Hall–Kier alpha value is -0.580. The van der Waals surface area contributed by atoms with E-state index in [1.165, 1.54) is 5.56 Å². The Balaban J connectivity index is 2.73. The van der Waals surface area contributed by atoms with Crippen LogP contribution < -0.4 is 10.1 Å². The van der Waals surface area contributed by atoms with Crippen molar-refractivity contribution in [3.63, 3.8) is 0 Å². The molecule has 1 rings (SSSR count). The molecule has 0 saturated carbocycles. The molecule has 0 aliphatic heterocycles. The Labute approximate surface area is 137 Å². The highest BCUT2D eigenvalue weighted by atomic mass is 79.9. The monoisotopic (exact) mass is 357 g/mol. The van der Waals surface area contributed by atoms with E-state index >= 15 is 0 Å². The minimum atomic E-state index is 0.0208. The van der Waals surface area contributed by atoms with Gasteiger partial charge in [-0.3, -0.25) is 0 Å². The number of benzene rings is 1. The minimum Gasteiger partial charge on any atom is -0.486 e. The predicted octanol–water partition coefficient (Wildman–Crippen LogP) is 4.21. The molecule has 1 atom stereocenters. The lowest BCUT2D eigenvalue weighted by molar-refractivity contribution is 0.0794. The zero-order valence-electron chi connectivity index (χ0n) is 13.8. The normalized spacial score (nSPS) is 13.0. The molecule has 0 fully saturated rings. The van der Waals surface area contributed by atoms with Gasteiger partial charge in [-0.1, -0.05) is 43.6 Å². The molecule has 1 N–H and O–H groups in total. The molecule has 0 amide bonds. The van der Waals surface area contributed by atoms with Crippen molar-refractivity contribution in [2.75, 3.05) is 26.8 Å². The topological polar surface area (TPSA) is 30.5 Å². The van der Waals surface area contributed by atoms with E-state index in [9.17, 15) is 0 Å². The van der Waals surface area contributed by atoms with E-state index in [4.69, 9.17) is 9.47 Å². The summed E-state index contributed by atoms with van der Waals surface area (Å²) >= 11 is 3.53. The molecule has 0 radical (unpaired) electrons. The van der Waals surface area contributed by atoms with Crippen molar-refractivity contribution in [3.8, 4) is 5.75 Å². The fraction of sp³-hybridized carbons (Fsp3) is 0.647. The molecule has 3 nitrogen and oxygen atoms in total. The largest absolute Gasteiger partial charge is 0.486 e. The van der Waals surface area contributed by atoms with Crippen LogP contribution in [0.15, 0.2) is 22.7 Å². The van der Waals surface area contributed by atoms with Crippen LogP contribution in [-0.4, -0.2) is 32.9 Å². The van der Waals surface area contributed by atoms with Crippen LogP contribution in [0.3, 0.4) is 0 Å². The van der Waals surface area contributed by atoms with Crippen LogP contribution >= 0.6 is 15.9 Å². The minimum absolute atomic E-state index is 0.0208. The van der Waals surface area contributed by atoms with Gasteiger partial charge >= 0.3 is 0 Å². The fourth-order valence-electron chi connectivity index (χ4n) is 2.11. The molecule has 0 saturated heterocycles. The number of hydrogen-bond donors (Lipinski definition) is 1. The van der Waals surface area contributed by atoms with Crippen LogP contribution in [0.2, 0.25) is 0 Å². The summed E-state index contributed by atoms with van der Waals surface area (Å²) in [7, 11) is 1.71. The molecular weight excluding hydrogens is 330 g/mol. The molecule has 0 heterocycles. The maximum Gasteiger partial charge on any atom is 0.134 e. The molecular formula is C17H28BrNO2. The summed E-state index contributed by atoms with van der Waals surface area (Å²) in [6.07, 6.45) is 0.0208. The van der Waals surface area contributed by atoms with Crippen LogP contribution in [0, 0.1) is 5.92 Å². The van der Waals surface area contributed by atoms with E-state index in [-0.39, 0.29) is 6.10 Å². The van der Waals surface area contributed by atoms with Gasteiger partial charge in [-0.2, -0.15) is 0 Å². The van der Waals surface area contributed by atoms with E-state index < -0.39 is 0 Å². The SMILES string of the molecule is COCC(CNCC(C)C)Oc1ccc(Br)cc1C(C)C. The van der Waals surface area contributed by atoms with Gasteiger partial charge in [0.15, 0.2) is 0 Å². The van der Waals surface area contributed by atoms with Gasteiger partial charge in [0.25, 0.3) is 0 Å². The average molecular weight is 358 g/mol. The highest BCUT2D eigenvalue weighted by molar-refractivity contribution is 9.10. The summed E-state index contributed by atoms with van der Waals surface area (Å²) in [5, 5.41) is 3.44. The number of ether oxygens (including phenoxy) is 2. The molecule has 120 valence electrons. The standard InChI is InChI=1S/C17H28BrNO2/c1-12(2)9-19-10-15(11-20-5)21-17-7-6-14(18)8-16(17)13(3)4/h6-8,12-13,15,19H,9-11H2,1-5H3. The molecule has 1 aromatic rings. The molecule has 0 aliphatic rings. The first-order valence-electron chi connectivity index (χ1n) is 7.59. The van der Waals surface area contributed by atoms with E-state index in [0.29, 0.717) is 18.4 Å². The van der Waals surface area contributed by atoms with Crippen LogP contribution in [0.4, 0.5) is 0 Å². The molecule has 1 aromatic carbocycles. The number of rotatable bonds is 9. The molecule has 21 heavy (non-hydrogen) atoms. The van der Waals surface area contributed by atoms with Crippen molar-refractivity contribution in [2.24, 2.45) is 5.92 Å². The molecule has 1 unspecified atom stereocenters. The first-order chi connectivity index (χ1) is 9.93. The highest BCUT2D eigenvalue weighted by Gasteiger charge is 2.15. The predicted molar refractivity (Wildman–Crippen MR) is 92.2 cm³/mol. The third-order valence-corrected chi connectivity index (χ3v) is 3.66. The first-order valence-corrected chi connectivity index (χ1v) is 8.39. The summed E-state index contributed by atoms with van der Waals surface area (Å²) in [6, 6.07) is 6.18. The second kappa shape index (κ2) is 9.44. The molecule has 0 bridgehead atoms. The number of hydrogen-bond acceptors (Lipinski definition) is 3. The van der Waals surface area contributed by atoms with Crippen molar-refractivity contribution in [1.82, 2.24) is 5.32 Å². The number of methoxy groups -OCH3 is 1. The lowest BCUT2D eigenvalue weighted by Crippen LogP contribution is -2.36. The Morgan fingerprint density at radius 1 is 1.14 bits per heavy atom. The molecule has 0 aliphatic carbocycles. The second-order valence-corrected chi connectivity index (χ2v) is 7.00. The van der Waals surface area contributed by atoms with Gasteiger partial charge in [-0.15, -0.1) is 0 Å². The van der Waals surface area contributed by atoms with Crippen molar-refractivity contribution in [1.29, 1.82) is 0 Å². The summed E-state index contributed by atoms with van der Waals surface area (Å²) in [4.78, 5) is 0. The lowest BCUT2D eigenvalue weighted by atomic mass is 10.0. The van der Waals surface area contributed by atoms with E-state index in [1.54, 1.807) is 7.11 Å². The van der Waals surface area contributed by atoms with Gasteiger partial charge in [0, 0.05) is 18.1 Å². The summed E-state index contributed by atoms with van der Waals surface area (Å²) in [6.45, 7) is 11.1. The maximum absolute atomic E-state index is 6.18. The second-order valence-electron chi connectivity index (χ2n) is 6.08. The zero-order valence-corrected chi connectivity index (χ0v) is 15.4. The van der Waals surface area contributed by atoms with Crippen molar-refractivity contribution in [2.45, 2.75) is 39.7 Å². The Morgan fingerprint density at radius 2 is 1.86 bits per heavy atom. The van der Waals surface area contributed by atoms with Crippen LogP contribution in [0.5, 0.6) is 5.75 Å².